The molecule has 122 valence electrons. The Hall–Kier alpha value is -2.28. The fourth-order valence-electron chi connectivity index (χ4n) is 2.37. The predicted molar refractivity (Wildman–Crippen MR) is 89.2 cm³/mol. The molecule has 3 rings (SSSR count). The second-order valence-electron chi connectivity index (χ2n) is 5.88. The van der Waals surface area contributed by atoms with Crippen LogP contribution in [0.4, 0.5) is 9.93 Å². The van der Waals surface area contributed by atoms with Crippen LogP contribution in [0.25, 0.3) is 0 Å². The van der Waals surface area contributed by atoms with E-state index in [1.807, 2.05) is 12.3 Å². The first kappa shape index (κ1) is 15.6. The van der Waals surface area contributed by atoms with Crippen LogP contribution in [0, 0.1) is 0 Å². The number of nitrogens with zero attached hydrogens (tertiary/aromatic N) is 1. The zero-order chi connectivity index (χ0) is 16.4. The maximum absolute atomic E-state index is 12.0. The van der Waals surface area contributed by atoms with Gasteiger partial charge in [0.1, 0.15) is 0 Å². The average Bonchev–Trinajstić information content (AvgIpc) is 3.23. The number of aromatic hydroxyl groups is 2. The van der Waals surface area contributed by atoms with E-state index in [-0.39, 0.29) is 23.6 Å². The van der Waals surface area contributed by atoms with Crippen LogP contribution in [0.5, 0.6) is 11.5 Å². The van der Waals surface area contributed by atoms with Crippen LogP contribution in [0.1, 0.15) is 36.9 Å². The van der Waals surface area contributed by atoms with Crippen LogP contribution in [0.3, 0.4) is 0 Å². The zero-order valence-electron chi connectivity index (χ0n) is 12.7. The number of benzene rings is 1. The molecule has 1 unspecified atom stereocenters. The van der Waals surface area contributed by atoms with Crippen molar-refractivity contribution < 1.29 is 15.0 Å². The number of hydrogen-bond acceptors (Lipinski definition) is 5. The largest absolute Gasteiger partial charge is 0.504 e. The monoisotopic (exact) mass is 333 g/mol. The third-order valence-corrected chi connectivity index (χ3v) is 4.47. The number of anilines is 1. The quantitative estimate of drug-likeness (QED) is 0.632. The molecule has 1 aliphatic rings. The Balaban J connectivity index is 1.50. The highest BCUT2D eigenvalue weighted by molar-refractivity contribution is 7.13. The smallest absolute Gasteiger partial charge is 0.321 e. The molecule has 4 N–H and O–H groups in total. The first-order chi connectivity index (χ1) is 11.0. The summed E-state index contributed by atoms with van der Waals surface area (Å²) in [6.07, 6.45) is 2.92. The number of rotatable bonds is 5. The highest BCUT2D eigenvalue weighted by Crippen LogP contribution is 2.40. The Bertz CT molecular complexity index is 712. The van der Waals surface area contributed by atoms with Crippen LogP contribution < -0.4 is 10.6 Å². The molecular formula is C16H19N3O3S. The number of thiazole rings is 1. The number of hydrogen-bond donors (Lipinski definition) is 4. The third-order valence-electron chi connectivity index (χ3n) is 3.70. The van der Waals surface area contributed by atoms with Gasteiger partial charge in [-0.05, 0) is 43.9 Å². The van der Waals surface area contributed by atoms with E-state index in [0.29, 0.717) is 17.5 Å². The fraction of sp³-hybridized carbons (Fsp3) is 0.375. The fourth-order valence-corrected chi connectivity index (χ4v) is 3.16. The first-order valence-corrected chi connectivity index (χ1v) is 8.43. The molecule has 1 fully saturated rings. The normalized spacial score (nSPS) is 15.2. The van der Waals surface area contributed by atoms with Crippen molar-refractivity contribution in [2.45, 2.75) is 38.1 Å². The summed E-state index contributed by atoms with van der Waals surface area (Å²) in [7, 11) is 0. The molecule has 7 heteroatoms. The van der Waals surface area contributed by atoms with Crippen molar-refractivity contribution in [1.29, 1.82) is 0 Å². The van der Waals surface area contributed by atoms with Crippen LogP contribution >= 0.6 is 11.3 Å². The highest BCUT2D eigenvalue weighted by Gasteiger charge is 2.26. The van der Waals surface area contributed by atoms with Gasteiger partial charge in [0.05, 0.1) is 5.69 Å². The van der Waals surface area contributed by atoms with Gasteiger partial charge in [0.25, 0.3) is 0 Å². The molecule has 1 aliphatic carbocycles. The van der Waals surface area contributed by atoms with Crippen molar-refractivity contribution in [3.63, 3.8) is 0 Å². The number of nitrogens with one attached hydrogen (secondary N) is 2. The van der Waals surface area contributed by atoms with Crippen LogP contribution in [-0.2, 0) is 6.42 Å². The molecule has 1 aromatic carbocycles. The van der Waals surface area contributed by atoms with Gasteiger partial charge >= 0.3 is 6.03 Å². The summed E-state index contributed by atoms with van der Waals surface area (Å²) in [5.74, 6) is 0.267. The number of phenols is 2. The molecule has 0 radical (unpaired) electrons. The molecule has 0 aliphatic heterocycles. The Kier molecular flexibility index (Phi) is 4.38. The lowest BCUT2D eigenvalue weighted by molar-refractivity contribution is 0.249. The molecular weight excluding hydrogens is 314 g/mol. The van der Waals surface area contributed by atoms with Crippen LogP contribution in [0.2, 0.25) is 0 Å². The van der Waals surface area contributed by atoms with Gasteiger partial charge in [0, 0.05) is 17.3 Å². The van der Waals surface area contributed by atoms with Crippen LogP contribution in [-0.4, -0.2) is 27.3 Å². The Morgan fingerprint density at radius 3 is 2.87 bits per heavy atom. The van der Waals surface area contributed by atoms with Gasteiger partial charge in [-0.2, -0.15) is 0 Å². The summed E-state index contributed by atoms with van der Waals surface area (Å²) in [6.45, 7) is 1.88. The van der Waals surface area contributed by atoms with Crippen molar-refractivity contribution in [3.8, 4) is 11.5 Å². The Labute approximate surface area is 138 Å². The summed E-state index contributed by atoms with van der Waals surface area (Å²) < 4.78 is 0. The summed E-state index contributed by atoms with van der Waals surface area (Å²) in [5, 5.41) is 27.0. The first-order valence-electron chi connectivity index (χ1n) is 7.55. The predicted octanol–water partition coefficient (Wildman–Crippen LogP) is 3.18. The van der Waals surface area contributed by atoms with Gasteiger partial charge in [-0.25, -0.2) is 9.78 Å². The molecule has 0 saturated heterocycles. The van der Waals surface area contributed by atoms with Crippen molar-refractivity contribution in [2.75, 3.05) is 5.32 Å². The van der Waals surface area contributed by atoms with E-state index in [1.54, 1.807) is 6.07 Å². The summed E-state index contributed by atoms with van der Waals surface area (Å²) in [5.41, 5.74) is 1.90. The summed E-state index contributed by atoms with van der Waals surface area (Å²) in [6, 6.07) is 4.23. The topological polar surface area (TPSA) is 94.5 Å². The van der Waals surface area contributed by atoms with Gasteiger partial charge < -0.3 is 15.5 Å². The molecule has 2 aromatic rings. The standard InChI is InChI=1S/C16H19N3O3S/c1-9(6-10-2-5-13(20)14(21)7-10)17-15(22)19-16-18-12(8-23-16)11-3-4-11/h2,5,7-9,11,20-21H,3-4,6H2,1H3,(H2,17,18,19,22). The van der Waals surface area contributed by atoms with Crippen molar-refractivity contribution in [3.05, 3.63) is 34.8 Å². The van der Waals surface area contributed by atoms with Crippen molar-refractivity contribution in [1.82, 2.24) is 10.3 Å². The number of amides is 2. The minimum Gasteiger partial charge on any atom is -0.504 e. The number of urea groups is 1. The van der Waals surface area contributed by atoms with Gasteiger partial charge in [0.2, 0.25) is 0 Å². The minimum absolute atomic E-state index is 0.123. The highest BCUT2D eigenvalue weighted by atomic mass is 32.1. The molecule has 23 heavy (non-hydrogen) atoms. The van der Waals surface area contributed by atoms with E-state index < -0.39 is 0 Å². The average molecular weight is 333 g/mol. The molecule has 1 saturated carbocycles. The SMILES string of the molecule is CC(Cc1ccc(O)c(O)c1)NC(=O)Nc1nc(C2CC2)cs1. The maximum atomic E-state index is 12.0. The van der Waals surface area contributed by atoms with Crippen molar-refractivity contribution in [2.24, 2.45) is 0 Å². The molecule has 1 heterocycles. The summed E-state index contributed by atoms with van der Waals surface area (Å²) in [4.78, 5) is 16.4. The molecule has 1 aromatic heterocycles. The number of aromatic nitrogens is 1. The van der Waals surface area contributed by atoms with Gasteiger partial charge in [-0.1, -0.05) is 6.07 Å². The van der Waals surface area contributed by atoms with Gasteiger partial charge in [-0.15, -0.1) is 11.3 Å². The van der Waals surface area contributed by atoms with E-state index in [9.17, 15) is 15.0 Å². The Morgan fingerprint density at radius 2 is 2.17 bits per heavy atom. The third kappa shape index (κ3) is 4.13. The zero-order valence-corrected chi connectivity index (χ0v) is 13.6. The van der Waals surface area contributed by atoms with E-state index in [2.05, 4.69) is 15.6 Å². The molecule has 0 spiro atoms. The number of carbonyl (C=O) groups is 1. The van der Waals surface area contributed by atoms with Gasteiger partial charge in [0.15, 0.2) is 16.6 Å². The van der Waals surface area contributed by atoms with Crippen LogP contribution in [0.15, 0.2) is 23.6 Å². The van der Waals surface area contributed by atoms with E-state index in [0.717, 1.165) is 11.3 Å². The van der Waals surface area contributed by atoms with Gasteiger partial charge in [-0.3, -0.25) is 5.32 Å². The lowest BCUT2D eigenvalue weighted by Crippen LogP contribution is -2.37. The second kappa shape index (κ2) is 6.45. The number of phenolic OH excluding ortho intramolecular Hbond substituents is 2. The van der Waals surface area contributed by atoms with E-state index in [4.69, 9.17) is 0 Å². The maximum Gasteiger partial charge on any atom is 0.321 e. The molecule has 0 bridgehead atoms. The van der Waals surface area contributed by atoms with Crippen molar-refractivity contribution >= 4 is 22.5 Å². The number of carbonyl (C=O) groups excluding carboxylic acids is 1. The molecule has 6 nitrogen and oxygen atoms in total. The second-order valence-corrected chi connectivity index (χ2v) is 6.74. The summed E-state index contributed by atoms with van der Waals surface area (Å²) >= 11 is 1.44. The lowest BCUT2D eigenvalue weighted by atomic mass is 10.1. The molecule has 1 atom stereocenters. The molecule has 2 amide bonds. The Morgan fingerprint density at radius 1 is 1.39 bits per heavy atom. The minimum atomic E-state index is -0.294. The van der Waals surface area contributed by atoms with E-state index >= 15 is 0 Å². The van der Waals surface area contributed by atoms with E-state index in [1.165, 1.54) is 36.3 Å². The lowest BCUT2D eigenvalue weighted by Gasteiger charge is -2.14.